The van der Waals surface area contributed by atoms with E-state index in [0.717, 1.165) is 18.4 Å². The maximum Gasteiger partial charge on any atom is 0.256 e. The van der Waals surface area contributed by atoms with Crippen molar-refractivity contribution in [3.05, 3.63) is 122 Å². The molecule has 1 saturated carbocycles. The molecule has 6 nitrogen and oxygen atoms in total. The van der Waals surface area contributed by atoms with Crippen molar-refractivity contribution >= 4 is 17.5 Å². The van der Waals surface area contributed by atoms with Crippen molar-refractivity contribution < 1.29 is 14.3 Å². The number of rotatable bonds is 5. The van der Waals surface area contributed by atoms with Crippen molar-refractivity contribution in [2.75, 3.05) is 6.54 Å². The molecular weight excluding hydrogens is 505 g/mol. The van der Waals surface area contributed by atoms with Gasteiger partial charge < -0.3 is 15.0 Å². The molecule has 0 radical (unpaired) electrons. The number of aromatic amines is 1. The van der Waals surface area contributed by atoms with E-state index >= 15 is 0 Å². The molecule has 3 aromatic carbocycles. The van der Waals surface area contributed by atoms with Gasteiger partial charge in [0, 0.05) is 18.0 Å². The van der Waals surface area contributed by atoms with E-state index in [1.807, 2.05) is 18.2 Å². The number of carbonyl (C=O) groups is 1. The number of benzene rings is 3. The smallest absolute Gasteiger partial charge is 0.256 e. The fourth-order valence-electron chi connectivity index (χ4n) is 5.31. The Morgan fingerprint density at radius 2 is 1.84 bits per heavy atom. The Morgan fingerprint density at radius 3 is 2.58 bits per heavy atom. The predicted molar refractivity (Wildman–Crippen MR) is 142 cm³/mol. The molecule has 0 spiro atoms. The molecule has 1 aliphatic carbocycles. The standard InChI is InChI=1S/C30H25ClFN3O3/c31-22-14-20(15-23(32)16-22)18-5-4-6-19(13-18)26(36)28(38)35-12-9-25-24(17-35)27(37)34-29(33-25)30(10-11-30)21-7-2-1-3-8-21/h1-8,13-16,26,36H,9-12,17H2,(H,33,34,37)/t26-/m1/s1. The van der Waals surface area contributed by atoms with E-state index in [1.54, 1.807) is 30.3 Å². The van der Waals surface area contributed by atoms with Gasteiger partial charge in [-0.2, -0.15) is 0 Å². The summed E-state index contributed by atoms with van der Waals surface area (Å²) in [5, 5.41) is 11.2. The van der Waals surface area contributed by atoms with Crippen LogP contribution in [0.15, 0.2) is 77.6 Å². The van der Waals surface area contributed by atoms with Gasteiger partial charge in [-0.15, -0.1) is 0 Å². The van der Waals surface area contributed by atoms with Gasteiger partial charge in [0.25, 0.3) is 11.5 Å². The molecule has 0 bridgehead atoms. The number of amides is 1. The second-order valence-corrected chi connectivity index (χ2v) is 10.4. The molecule has 2 aliphatic rings. The minimum Gasteiger partial charge on any atom is -0.378 e. The second-order valence-electron chi connectivity index (χ2n) is 9.98. The van der Waals surface area contributed by atoms with Crippen molar-refractivity contribution in [2.45, 2.75) is 37.3 Å². The minimum atomic E-state index is -1.43. The molecule has 1 atom stereocenters. The van der Waals surface area contributed by atoms with E-state index in [4.69, 9.17) is 16.6 Å². The fraction of sp³-hybridized carbons (Fsp3) is 0.233. The van der Waals surface area contributed by atoms with E-state index in [9.17, 15) is 19.1 Å². The van der Waals surface area contributed by atoms with E-state index in [0.29, 0.717) is 46.7 Å². The topological polar surface area (TPSA) is 86.3 Å². The normalized spacial score (nSPS) is 16.6. The van der Waals surface area contributed by atoms with Gasteiger partial charge >= 0.3 is 0 Å². The van der Waals surface area contributed by atoms with Gasteiger partial charge in [0.2, 0.25) is 0 Å². The number of hydrogen-bond donors (Lipinski definition) is 2. The van der Waals surface area contributed by atoms with Crippen LogP contribution in [-0.2, 0) is 23.2 Å². The molecule has 1 aliphatic heterocycles. The summed E-state index contributed by atoms with van der Waals surface area (Å²) in [5.74, 6) is -0.294. The summed E-state index contributed by atoms with van der Waals surface area (Å²) < 4.78 is 13.8. The van der Waals surface area contributed by atoms with Crippen LogP contribution in [0.5, 0.6) is 0 Å². The van der Waals surface area contributed by atoms with Crippen molar-refractivity contribution in [1.82, 2.24) is 14.9 Å². The summed E-state index contributed by atoms with van der Waals surface area (Å²) in [6, 6.07) is 21.0. The number of halogens is 2. The van der Waals surface area contributed by atoms with Crippen molar-refractivity contribution in [1.29, 1.82) is 0 Å². The third-order valence-corrected chi connectivity index (χ3v) is 7.76. The Labute approximate surface area is 223 Å². The molecule has 0 unspecified atom stereocenters. The zero-order valence-electron chi connectivity index (χ0n) is 20.5. The van der Waals surface area contributed by atoms with Crippen LogP contribution in [0.4, 0.5) is 4.39 Å². The zero-order chi connectivity index (χ0) is 26.4. The lowest BCUT2D eigenvalue weighted by Crippen LogP contribution is -2.42. The van der Waals surface area contributed by atoms with E-state index in [2.05, 4.69) is 17.1 Å². The second kappa shape index (κ2) is 9.49. The van der Waals surface area contributed by atoms with Crippen LogP contribution in [0.1, 0.15) is 47.2 Å². The maximum absolute atomic E-state index is 13.8. The first-order valence-corrected chi connectivity index (χ1v) is 12.9. The highest BCUT2D eigenvalue weighted by atomic mass is 35.5. The molecule has 6 rings (SSSR count). The Hall–Kier alpha value is -3.81. The highest BCUT2D eigenvalue weighted by molar-refractivity contribution is 6.30. The monoisotopic (exact) mass is 529 g/mol. The summed E-state index contributed by atoms with van der Waals surface area (Å²) in [7, 11) is 0. The molecule has 2 N–H and O–H groups in total. The largest absolute Gasteiger partial charge is 0.378 e. The average molecular weight is 530 g/mol. The van der Waals surface area contributed by atoms with Crippen molar-refractivity contribution in [3.63, 3.8) is 0 Å². The highest BCUT2D eigenvalue weighted by Crippen LogP contribution is 2.52. The summed E-state index contributed by atoms with van der Waals surface area (Å²) in [6.07, 6.45) is 0.851. The lowest BCUT2D eigenvalue weighted by Gasteiger charge is -2.30. The van der Waals surface area contributed by atoms with Gasteiger partial charge in [-0.05, 0) is 59.4 Å². The number of H-pyrrole nitrogens is 1. The van der Waals surface area contributed by atoms with Crippen molar-refractivity contribution in [2.24, 2.45) is 0 Å². The quantitative estimate of drug-likeness (QED) is 0.384. The van der Waals surface area contributed by atoms with Gasteiger partial charge in [-0.1, -0.05) is 60.1 Å². The van der Waals surface area contributed by atoms with E-state index in [1.165, 1.54) is 17.0 Å². The number of hydrogen-bond acceptors (Lipinski definition) is 4. The Balaban J connectivity index is 1.23. The van der Waals surface area contributed by atoms with E-state index < -0.39 is 17.8 Å². The number of nitrogens with one attached hydrogen (secondary N) is 1. The van der Waals surface area contributed by atoms with Gasteiger partial charge in [-0.25, -0.2) is 9.37 Å². The fourth-order valence-corrected chi connectivity index (χ4v) is 5.53. The summed E-state index contributed by atoms with van der Waals surface area (Å²) in [5.41, 5.74) is 3.34. The van der Waals surface area contributed by atoms with Crippen LogP contribution in [0.2, 0.25) is 5.02 Å². The van der Waals surface area contributed by atoms with Crippen LogP contribution in [0, 0.1) is 5.82 Å². The molecule has 8 heteroatoms. The lowest BCUT2D eigenvalue weighted by molar-refractivity contribution is -0.141. The number of aliphatic hydroxyl groups excluding tert-OH is 1. The molecule has 192 valence electrons. The molecule has 4 aromatic rings. The average Bonchev–Trinajstić information content (AvgIpc) is 3.74. The Bertz CT molecular complexity index is 1580. The SMILES string of the molecule is O=C([C@H](O)c1cccc(-c2cc(F)cc(Cl)c2)c1)N1CCc2nc(C3(c4ccccc4)CC3)[nH]c(=O)c2C1. The Kier molecular flexibility index (Phi) is 6.13. The van der Waals surface area contributed by atoms with E-state index in [-0.39, 0.29) is 22.5 Å². The lowest BCUT2D eigenvalue weighted by atomic mass is 9.94. The molecule has 1 aromatic heterocycles. The third kappa shape index (κ3) is 4.42. The van der Waals surface area contributed by atoms with Crippen LogP contribution >= 0.6 is 11.6 Å². The van der Waals surface area contributed by atoms with Crippen LogP contribution < -0.4 is 5.56 Å². The zero-order valence-corrected chi connectivity index (χ0v) is 21.2. The number of aromatic nitrogens is 2. The number of fused-ring (bicyclic) bond motifs is 1. The number of carbonyl (C=O) groups excluding carboxylic acids is 1. The van der Waals surface area contributed by atoms with Gasteiger partial charge in [0.15, 0.2) is 6.10 Å². The highest BCUT2D eigenvalue weighted by Gasteiger charge is 2.48. The first-order valence-electron chi connectivity index (χ1n) is 12.6. The first kappa shape index (κ1) is 24.5. The maximum atomic E-state index is 13.8. The number of aliphatic hydroxyl groups is 1. The van der Waals surface area contributed by atoms with Gasteiger partial charge in [0.05, 0.1) is 23.2 Å². The predicted octanol–water partition coefficient (Wildman–Crippen LogP) is 4.93. The van der Waals surface area contributed by atoms with Crippen LogP contribution in [0.3, 0.4) is 0 Å². The molecule has 1 fully saturated rings. The van der Waals surface area contributed by atoms with Gasteiger partial charge in [-0.3, -0.25) is 9.59 Å². The summed E-state index contributed by atoms with van der Waals surface area (Å²) in [4.78, 5) is 35.7. The Morgan fingerprint density at radius 1 is 1.05 bits per heavy atom. The first-order chi connectivity index (χ1) is 18.3. The van der Waals surface area contributed by atoms with Crippen LogP contribution in [0.25, 0.3) is 11.1 Å². The minimum absolute atomic E-state index is 0.0748. The van der Waals surface area contributed by atoms with Crippen molar-refractivity contribution in [3.8, 4) is 11.1 Å². The number of nitrogens with zero attached hydrogens (tertiary/aromatic N) is 2. The molecular formula is C30H25ClFN3O3. The van der Waals surface area contributed by atoms with Crippen LogP contribution in [-0.4, -0.2) is 32.4 Å². The molecule has 1 amide bonds. The molecule has 2 heterocycles. The van der Waals surface area contributed by atoms with Gasteiger partial charge in [0.1, 0.15) is 11.6 Å². The molecule has 38 heavy (non-hydrogen) atoms. The summed E-state index contributed by atoms with van der Waals surface area (Å²) >= 11 is 5.99. The summed E-state index contributed by atoms with van der Waals surface area (Å²) in [6.45, 7) is 0.418. The molecule has 0 saturated heterocycles. The third-order valence-electron chi connectivity index (χ3n) is 7.54.